The third-order valence-electron chi connectivity index (χ3n) is 4.18. The number of hydrogen-bond acceptors (Lipinski definition) is 5. The second-order valence-electron chi connectivity index (χ2n) is 5.90. The van der Waals surface area contributed by atoms with E-state index in [-0.39, 0.29) is 23.5 Å². The smallest absolute Gasteiger partial charge is 0.267 e. The fraction of sp³-hybridized carbons (Fsp3) is 0.222. The largest absolute Gasteiger partial charge is 0.476 e. The highest BCUT2D eigenvalue weighted by Crippen LogP contribution is 2.35. The maximum Gasteiger partial charge on any atom is 0.267 e. The number of amides is 2. The summed E-state index contributed by atoms with van der Waals surface area (Å²) in [6, 6.07) is 12.9. The minimum Gasteiger partial charge on any atom is -0.476 e. The summed E-state index contributed by atoms with van der Waals surface area (Å²) < 4.78 is 31.8. The van der Waals surface area contributed by atoms with Gasteiger partial charge in [-0.15, -0.1) is 0 Å². The molecule has 1 atom stereocenters. The SMILES string of the molecule is CCS(=O)(=O)N1C[C@H](C(=O)Nc2ccccc2C(N)=O)Oc2ccccc21. The van der Waals surface area contributed by atoms with Gasteiger partial charge in [-0.2, -0.15) is 0 Å². The van der Waals surface area contributed by atoms with Gasteiger partial charge in [0.25, 0.3) is 11.8 Å². The van der Waals surface area contributed by atoms with E-state index in [1.54, 1.807) is 36.4 Å². The number of para-hydroxylation sites is 3. The monoisotopic (exact) mass is 389 g/mol. The molecule has 0 spiro atoms. The van der Waals surface area contributed by atoms with Gasteiger partial charge in [-0.1, -0.05) is 24.3 Å². The van der Waals surface area contributed by atoms with Crippen LogP contribution in [0.25, 0.3) is 0 Å². The second kappa shape index (κ2) is 7.28. The molecule has 3 N–H and O–H groups in total. The van der Waals surface area contributed by atoms with Crippen LogP contribution in [0.15, 0.2) is 48.5 Å². The first-order valence-electron chi connectivity index (χ1n) is 8.29. The zero-order chi connectivity index (χ0) is 19.6. The van der Waals surface area contributed by atoms with E-state index in [4.69, 9.17) is 10.5 Å². The van der Waals surface area contributed by atoms with E-state index in [2.05, 4.69) is 5.32 Å². The number of nitrogens with one attached hydrogen (secondary N) is 1. The van der Waals surface area contributed by atoms with E-state index in [0.29, 0.717) is 11.4 Å². The van der Waals surface area contributed by atoms with E-state index in [0.717, 1.165) is 0 Å². The summed E-state index contributed by atoms with van der Waals surface area (Å²) in [5.41, 5.74) is 6.10. The number of nitrogens with zero attached hydrogens (tertiary/aromatic N) is 1. The summed E-state index contributed by atoms with van der Waals surface area (Å²) in [6.07, 6.45) is -1.08. The van der Waals surface area contributed by atoms with Crippen molar-refractivity contribution in [1.29, 1.82) is 0 Å². The molecule has 3 rings (SSSR count). The summed E-state index contributed by atoms with van der Waals surface area (Å²) >= 11 is 0. The summed E-state index contributed by atoms with van der Waals surface area (Å²) in [5.74, 6) is -1.07. The molecule has 2 amide bonds. The molecule has 9 heteroatoms. The standard InChI is InChI=1S/C18H19N3O5S/c1-2-27(24,25)21-11-16(26-15-10-6-5-9-14(15)21)18(23)20-13-8-4-3-7-12(13)17(19)22/h3-10,16H,2,11H2,1H3,(H2,19,22)(H,20,23)/t16-/m1/s1. The van der Waals surface area contributed by atoms with Crippen LogP contribution in [0, 0.1) is 0 Å². The Bertz CT molecular complexity index is 990. The molecule has 1 heterocycles. The molecule has 0 radical (unpaired) electrons. The average molecular weight is 389 g/mol. The Morgan fingerprint density at radius 3 is 2.56 bits per heavy atom. The van der Waals surface area contributed by atoms with Crippen molar-refractivity contribution in [3.63, 3.8) is 0 Å². The van der Waals surface area contributed by atoms with Crippen LogP contribution in [0.2, 0.25) is 0 Å². The molecule has 27 heavy (non-hydrogen) atoms. The molecule has 2 aromatic rings. The molecule has 1 aliphatic rings. The quantitative estimate of drug-likeness (QED) is 0.800. The minimum atomic E-state index is -3.60. The van der Waals surface area contributed by atoms with Crippen LogP contribution < -0.4 is 20.1 Å². The average Bonchev–Trinajstić information content (AvgIpc) is 2.67. The summed E-state index contributed by atoms with van der Waals surface area (Å²) in [4.78, 5) is 24.2. The number of sulfonamides is 1. The van der Waals surface area contributed by atoms with Gasteiger partial charge in [0.05, 0.1) is 29.2 Å². The fourth-order valence-electron chi connectivity index (χ4n) is 2.78. The molecule has 0 aromatic heterocycles. The third kappa shape index (κ3) is 3.72. The van der Waals surface area contributed by atoms with Crippen LogP contribution in [0.3, 0.4) is 0 Å². The first-order chi connectivity index (χ1) is 12.8. The predicted molar refractivity (Wildman–Crippen MR) is 101 cm³/mol. The van der Waals surface area contributed by atoms with E-state index in [1.807, 2.05) is 0 Å². The number of primary amides is 1. The van der Waals surface area contributed by atoms with E-state index < -0.39 is 27.9 Å². The Balaban J connectivity index is 1.90. The van der Waals surface area contributed by atoms with Crippen LogP contribution in [0.4, 0.5) is 11.4 Å². The number of fused-ring (bicyclic) bond motifs is 1. The van der Waals surface area contributed by atoms with Crippen molar-refractivity contribution in [2.75, 3.05) is 21.9 Å². The number of rotatable bonds is 5. The van der Waals surface area contributed by atoms with Gasteiger partial charge in [0.2, 0.25) is 10.0 Å². The van der Waals surface area contributed by atoms with Crippen LogP contribution in [-0.2, 0) is 14.8 Å². The lowest BCUT2D eigenvalue weighted by atomic mass is 10.1. The van der Waals surface area contributed by atoms with Gasteiger partial charge in [0, 0.05) is 0 Å². The zero-order valence-corrected chi connectivity index (χ0v) is 15.4. The Labute approximate surface area is 157 Å². The van der Waals surface area contributed by atoms with Gasteiger partial charge in [-0.3, -0.25) is 13.9 Å². The van der Waals surface area contributed by atoms with Gasteiger partial charge in [0.1, 0.15) is 5.75 Å². The molecule has 2 aromatic carbocycles. The van der Waals surface area contributed by atoms with Crippen molar-refractivity contribution in [3.8, 4) is 5.75 Å². The molecule has 142 valence electrons. The minimum absolute atomic E-state index is 0.111. The third-order valence-corrected chi connectivity index (χ3v) is 5.93. The van der Waals surface area contributed by atoms with Gasteiger partial charge in [-0.05, 0) is 31.2 Å². The number of carbonyl (C=O) groups is 2. The number of anilines is 2. The fourth-order valence-corrected chi connectivity index (χ4v) is 3.90. The molecular formula is C18H19N3O5S. The van der Waals surface area contributed by atoms with Crippen LogP contribution in [0.5, 0.6) is 5.75 Å². The van der Waals surface area contributed by atoms with Crippen LogP contribution in [0.1, 0.15) is 17.3 Å². The molecule has 0 fully saturated rings. The van der Waals surface area contributed by atoms with Crippen molar-refractivity contribution < 1.29 is 22.7 Å². The zero-order valence-electron chi connectivity index (χ0n) is 14.6. The Kier molecular flexibility index (Phi) is 5.04. The molecule has 1 aliphatic heterocycles. The van der Waals surface area contributed by atoms with Crippen molar-refractivity contribution in [3.05, 3.63) is 54.1 Å². The first-order valence-corrected chi connectivity index (χ1v) is 9.90. The van der Waals surface area contributed by atoms with E-state index in [1.165, 1.54) is 23.4 Å². The van der Waals surface area contributed by atoms with Crippen LogP contribution in [-0.4, -0.2) is 38.6 Å². The summed E-state index contributed by atoms with van der Waals surface area (Å²) in [6.45, 7) is 1.36. The lowest BCUT2D eigenvalue weighted by molar-refractivity contribution is -0.122. The lowest BCUT2D eigenvalue weighted by Crippen LogP contribution is -2.49. The van der Waals surface area contributed by atoms with Crippen molar-refractivity contribution in [2.24, 2.45) is 5.73 Å². The summed E-state index contributed by atoms with van der Waals surface area (Å²) in [7, 11) is -3.60. The number of benzene rings is 2. The van der Waals surface area contributed by atoms with Gasteiger partial charge in [0.15, 0.2) is 6.10 Å². The number of ether oxygens (including phenoxy) is 1. The Morgan fingerprint density at radius 1 is 1.19 bits per heavy atom. The van der Waals surface area contributed by atoms with Gasteiger partial charge in [-0.25, -0.2) is 8.42 Å². The van der Waals surface area contributed by atoms with Crippen molar-refractivity contribution in [1.82, 2.24) is 0 Å². The van der Waals surface area contributed by atoms with E-state index >= 15 is 0 Å². The van der Waals surface area contributed by atoms with Crippen molar-refractivity contribution >= 4 is 33.2 Å². The highest BCUT2D eigenvalue weighted by Gasteiger charge is 2.36. The van der Waals surface area contributed by atoms with Crippen LogP contribution >= 0.6 is 0 Å². The molecule has 0 aliphatic carbocycles. The summed E-state index contributed by atoms with van der Waals surface area (Å²) in [5, 5.41) is 2.60. The molecule has 8 nitrogen and oxygen atoms in total. The molecule has 0 unspecified atom stereocenters. The van der Waals surface area contributed by atoms with Gasteiger partial charge >= 0.3 is 0 Å². The van der Waals surface area contributed by atoms with Crippen molar-refractivity contribution in [2.45, 2.75) is 13.0 Å². The second-order valence-corrected chi connectivity index (χ2v) is 8.09. The predicted octanol–water partition coefficient (Wildman–Crippen LogP) is 1.34. The molecule has 0 saturated carbocycles. The normalized spacial score (nSPS) is 16.2. The number of hydrogen-bond donors (Lipinski definition) is 2. The molecule has 0 bridgehead atoms. The van der Waals surface area contributed by atoms with Gasteiger partial charge < -0.3 is 15.8 Å². The first kappa shape index (κ1) is 18.7. The maximum atomic E-state index is 12.7. The highest BCUT2D eigenvalue weighted by atomic mass is 32.2. The lowest BCUT2D eigenvalue weighted by Gasteiger charge is -2.34. The number of nitrogens with two attached hydrogens (primary N) is 1. The number of carbonyl (C=O) groups excluding carboxylic acids is 2. The Morgan fingerprint density at radius 2 is 1.85 bits per heavy atom. The maximum absolute atomic E-state index is 12.7. The molecule has 0 saturated heterocycles. The Hall–Kier alpha value is -3.07. The van der Waals surface area contributed by atoms with E-state index in [9.17, 15) is 18.0 Å². The molecular weight excluding hydrogens is 370 g/mol. The topological polar surface area (TPSA) is 119 Å². The highest BCUT2D eigenvalue weighted by molar-refractivity contribution is 7.92.